The summed E-state index contributed by atoms with van der Waals surface area (Å²) in [5.74, 6) is 0.690. The van der Waals surface area contributed by atoms with Crippen molar-refractivity contribution in [2.45, 2.75) is 57.4 Å². The van der Waals surface area contributed by atoms with Gasteiger partial charge in [0.1, 0.15) is 11.6 Å². The number of hydrogen-bond acceptors (Lipinski definition) is 7. The zero-order chi connectivity index (χ0) is 21.7. The van der Waals surface area contributed by atoms with Crippen LogP contribution in [0.2, 0.25) is 0 Å². The highest BCUT2D eigenvalue weighted by Gasteiger charge is 2.23. The summed E-state index contributed by atoms with van der Waals surface area (Å²) in [6, 6.07) is 9.68. The number of nitriles is 1. The van der Waals surface area contributed by atoms with Crippen LogP contribution in [0.15, 0.2) is 29.2 Å². The highest BCUT2D eigenvalue weighted by atomic mass is 32.2. The molecule has 2 heterocycles. The molecule has 1 fully saturated rings. The minimum Gasteiger partial charge on any atom is -0.371 e. The van der Waals surface area contributed by atoms with Crippen LogP contribution in [-0.4, -0.2) is 43.5 Å². The molecule has 1 N–H and O–H groups in total. The molecule has 8 heteroatoms. The first-order valence-corrected chi connectivity index (χ1v) is 12.2. The van der Waals surface area contributed by atoms with Gasteiger partial charge in [-0.15, -0.1) is 5.10 Å². The van der Waals surface area contributed by atoms with Gasteiger partial charge in [0.05, 0.1) is 16.3 Å². The van der Waals surface area contributed by atoms with Crippen LogP contribution in [0.25, 0.3) is 0 Å². The molecule has 0 radical (unpaired) electrons. The van der Waals surface area contributed by atoms with Gasteiger partial charge in [0.2, 0.25) is 0 Å². The molecule has 1 aliphatic heterocycles. The van der Waals surface area contributed by atoms with Crippen molar-refractivity contribution in [2.75, 3.05) is 29.1 Å². The third-order valence-corrected chi connectivity index (χ3v) is 7.49. The number of sulfone groups is 1. The molecule has 1 aliphatic rings. The fourth-order valence-corrected chi connectivity index (χ4v) is 4.78. The maximum absolute atomic E-state index is 12.0. The van der Waals surface area contributed by atoms with Crippen molar-refractivity contribution in [3.63, 3.8) is 0 Å². The van der Waals surface area contributed by atoms with E-state index in [9.17, 15) is 13.7 Å². The van der Waals surface area contributed by atoms with E-state index in [1.165, 1.54) is 0 Å². The maximum atomic E-state index is 12.0. The zero-order valence-corrected chi connectivity index (χ0v) is 18.7. The van der Waals surface area contributed by atoms with E-state index in [2.05, 4.69) is 26.5 Å². The number of nitrogens with one attached hydrogen (secondary N) is 1. The van der Waals surface area contributed by atoms with Crippen LogP contribution in [0, 0.1) is 11.3 Å². The molecule has 160 valence electrons. The Bertz CT molecular complexity index is 1020. The van der Waals surface area contributed by atoms with Crippen LogP contribution >= 0.6 is 0 Å². The summed E-state index contributed by atoms with van der Waals surface area (Å²) in [5, 5.41) is 21.7. The smallest absolute Gasteiger partial charge is 0.178 e. The molecule has 0 unspecified atom stereocenters. The van der Waals surface area contributed by atoms with Crippen LogP contribution < -0.4 is 10.2 Å². The van der Waals surface area contributed by atoms with Gasteiger partial charge in [-0.3, -0.25) is 0 Å². The lowest BCUT2D eigenvalue weighted by atomic mass is 10.0. The van der Waals surface area contributed by atoms with Gasteiger partial charge < -0.3 is 10.2 Å². The maximum Gasteiger partial charge on any atom is 0.178 e. The molecule has 7 nitrogen and oxygen atoms in total. The van der Waals surface area contributed by atoms with Crippen molar-refractivity contribution < 1.29 is 8.42 Å². The largest absolute Gasteiger partial charge is 0.371 e. The summed E-state index contributed by atoms with van der Waals surface area (Å²) in [5.41, 5.74) is 3.51. The third-order valence-electron chi connectivity index (χ3n) is 5.73. The lowest BCUT2D eigenvalue weighted by Gasteiger charge is -2.34. The predicted octanol–water partition coefficient (Wildman–Crippen LogP) is 3.35. The fourth-order valence-electron chi connectivity index (χ4n) is 3.90. The molecule has 0 spiro atoms. The molecule has 3 rings (SSSR count). The third kappa shape index (κ3) is 4.57. The van der Waals surface area contributed by atoms with E-state index in [1.807, 2.05) is 26.0 Å². The Kier molecular flexibility index (Phi) is 6.93. The molecular weight excluding hydrogens is 398 g/mol. The first-order valence-electron chi connectivity index (χ1n) is 10.6. The van der Waals surface area contributed by atoms with Crippen molar-refractivity contribution in [1.29, 1.82) is 5.26 Å². The van der Waals surface area contributed by atoms with E-state index >= 15 is 0 Å². The second-order valence-electron chi connectivity index (χ2n) is 7.47. The number of benzene rings is 1. The number of aryl methyl sites for hydroxylation is 1. The van der Waals surface area contributed by atoms with Gasteiger partial charge in [-0.05, 0) is 55.5 Å². The number of nitrogens with zero attached hydrogens (tertiary/aromatic N) is 4. The quantitative estimate of drug-likeness (QED) is 0.723. The average molecular weight is 428 g/mol. The zero-order valence-electron chi connectivity index (χ0n) is 17.9. The van der Waals surface area contributed by atoms with Crippen molar-refractivity contribution in [1.82, 2.24) is 10.2 Å². The highest BCUT2D eigenvalue weighted by molar-refractivity contribution is 7.91. The Morgan fingerprint density at radius 2 is 1.77 bits per heavy atom. The lowest BCUT2D eigenvalue weighted by molar-refractivity contribution is 0.524. The molecule has 0 amide bonds. The van der Waals surface area contributed by atoms with Gasteiger partial charge in [0.25, 0.3) is 0 Å². The Morgan fingerprint density at radius 1 is 1.10 bits per heavy atom. The highest BCUT2D eigenvalue weighted by Crippen LogP contribution is 2.26. The van der Waals surface area contributed by atoms with Crippen molar-refractivity contribution in [2.24, 2.45) is 0 Å². The SMILES string of the molecule is CCc1nnc(NC2CCN(c3ccc(S(=O)(=O)CC)cc3)CC2)c(C#N)c1CC. The predicted molar refractivity (Wildman–Crippen MR) is 119 cm³/mol. The van der Waals surface area contributed by atoms with E-state index in [0.717, 1.165) is 55.7 Å². The number of piperidine rings is 1. The van der Waals surface area contributed by atoms with E-state index in [0.29, 0.717) is 16.3 Å². The van der Waals surface area contributed by atoms with Crippen LogP contribution in [0.5, 0.6) is 0 Å². The Hall–Kier alpha value is -2.66. The Morgan fingerprint density at radius 3 is 2.30 bits per heavy atom. The van der Waals surface area contributed by atoms with Crippen LogP contribution in [0.1, 0.15) is 50.4 Å². The van der Waals surface area contributed by atoms with Crippen molar-refractivity contribution in [3.8, 4) is 6.07 Å². The van der Waals surface area contributed by atoms with Gasteiger partial charge in [0, 0.05) is 24.8 Å². The second kappa shape index (κ2) is 9.43. The normalized spacial score (nSPS) is 15.1. The van der Waals surface area contributed by atoms with Gasteiger partial charge in [-0.1, -0.05) is 20.8 Å². The minimum atomic E-state index is -3.17. The average Bonchev–Trinajstić information content (AvgIpc) is 2.79. The van der Waals surface area contributed by atoms with E-state index in [4.69, 9.17) is 0 Å². The molecule has 0 saturated carbocycles. The fraction of sp³-hybridized carbons (Fsp3) is 0.500. The summed E-state index contributed by atoms with van der Waals surface area (Å²) in [4.78, 5) is 2.63. The van der Waals surface area contributed by atoms with Gasteiger partial charge >= 0.3 is 0 Å². The van der Waals surface area contributed by atoms with Gasteiger partial charge in [-0.2, -0.15) is 10.4 Å². The molecular formula is C22H29N5O2S. The van der Waals surface area contributed by atoms with Crippen molar-refractivity contribution >= 4 is 21.3 Å². The molecule has 1 aromatic heterocycles. The molecule has 0 aliphatic carbocycles. The molecule has 30 heavy (non-hydrogen) atoms. The minimum absolute atomic E-state index is 0.107. The number of anilines is 2. The first kappa shape index (κ1) is 22.0. The number of aromatic nitrogens is 2. The van der Waals surface area contributed by atoms with E-state index < -0.39 is 9.84 Å². The van der Waals surface area contributed by atoms with Crippen LogP contribution in [0.4, 0.5) is 11.5 Å². The van der Waals surface area contributed by atoms with Gasteiger partial charge in [0.15, 0.2) is 15.7 Å². The molecule has 0 atom stereocenters. The molecule has 1 saturated heterocycles. The molecule has 0 bridgehead atoms. The van der Waals surface area contributed by atoms with Crippen LogP contribution in [0.3, 0.4) is 0 Å². The summed E-state index contributed by atoms with van der Waals surface area (Å²) >= 11 is 0. The molecule has 2 aromatic rings. The van der Waals surface area contributed by atoms with Gasteiger partial charge in [-0.25, -0.2) is 8.42 Å². The first-order chi connectivity index (χ1) is 14.4. The van der Waals surface area contributed by atoms with Crippen LogP contribution in [-0.2, 0) is 22.7 Å². The summed E-state index contributed by atoms with van der Waals surface area (Å²) < 4.78 is 24.0. The second-order valence-corrected chi connectivity index (χ2v) is 9.75. The topological polar surface area (TPSA) is 99.0 Å². The lowest BCUT2D eigenvalue weighted by Crippen LogP contribution is -2.39. The number of hydrogen-bond donors (Lipinski definition) is 1. The molecule has 1 aromatic carbocycles. The van der Waals surface area contributed by atoms with Crippen molar-refractivity contribution in [3.05, 3.63) is 41.1 Å². The monoisotopic (exact) mass is 427 g/mol. The van der Waals surface area contributed by atoms with E-state index in [1.54, 1.807) is 19.1 Å². The standard InChI is InChI=1S/C22H29N5O2S/c1-4-19-20(15-23)22(26-25-21(19)5-2)24-16-11-13-27(14-12-16)17-7-9-18(10-8-17)30(28,29)6-3/h7-10,16H,4-6,11-14H2,1-3H3,(H,24,26). The Labute approximate surface area is 179 Å². The summed E-state index contributed by atoms with van der Waals surface area (Å²) in [7, 11) is -3.17. The van der Waals surface area contributed by atoms with E-state index in [-0.39, 0.29) is 11.8 Å². The summed E-state index contributed by atoms with van der Waals surface area (Å²) in [6.45, 7) is 7.41. The summed E-state index contributed by atoms with van der Waals surface area (Å²) in [6.07, 6.45) is 3.33. The Balaban J connectivity index is 1.66. The number of rotatable bonds is 7.